The zero-order valence-corrected chi connectivity index (χ0v) is 13.9. The fraction of sp³-hybridized carbons (Fsp3) is 0.462. The molecule has 0 bridgehead atoms. The summed E-state index contributed by atoms with van der Waals surface area (Å²) in [5.74, 6) is -2.54. The van der Waals surface area contributed by atoms with Gasteiger partial charge in [-0.15, -0.1) is 0 Å². The van der Waals surface area contributed by atoms with Crippen LogP contribution in [0.4, 0.5) is 0 Å². The van der Waals surface area contributed by atoms with Crippen LogP contribution in [0.25, 0.3) is 0 Å². The molecule has 0 heterocycles. The normalized spacial score (nSPS) is 11.4. The van der Waals surface area contributed by atoms with E-state index in [1.807, 2.05) is 0 Å². The van der Waals surface area contributed by atoms with Crippen molar-refractivity contribution in [3.8, 4) is 0 Å². The number of hydrogen-bond acceptors (Lipinski definition) is 7. The van der Waals surface area contributed by atoms with Crippen LogP contribution in [0.2, 0.25) is 0 Å². The van der Waals surface area contributed by atoms with E-state index in [4.69, 9.17) is 17.0 Å². The van der Waals surface area contributed by atoms with Crippen molar-refractivity contribution in [1.82, 2.24) is 10.9 Å². The molecule has 128 valence electrons. The maximum atomic E-state index is 11.8. The summed E-state index contributed by atoms with van der Waals surface area (Å²) in [4.78, 5) is 37.5. The Morgan fingerprint density at radius 1 is 1.17 bits per heavy atom. The van der Waals surface area contributed by atoms with Crippen LogP contribution < -0.4 is 10.9 Å². The molecule has 0 spiro atoms. The summed E-state index contributed by atoms with van der Waals surface area (Å²) in [7, 11) is 0. The van der Waals surface area contributed by atoms with Crippen LogP contribution in [-0.4, -0.2) is 47.5 Å². The van der Waals surface area contributed by atoms with Gasteiger partial charge in [-0.25, -0.2) is 9.79 Å². The van der Waals surface area contributed by atoms with E-state index in [1.165, 1.54) is 6.92 Å². The van der Waals surface area contributed by atoms with Gasteiger partial charge in [0, 0.05) is 13.1 Å². The van der Waals surface area contributed by atoms with Gasteiger partial charge in [-0.1, -0.05) is 0 Å². The van der Waals surface area contributed by atoms with Gasteiger partial charge in [0.25, 0.3) is 0 Å². The minimum Gasteiger partial charge on any atom is -0.511 e. The largest absolute Gasteiger partial charge is 0.511 e. The molecule has 0 aromatic rings. The molecule has 9 nitrogen and oxygen atoms in total. The summed E-state index contributed by atoms with van der Waals surface area (Å²) in [5.41, 5.74) is 4.14. The summed E-state index contributed by atoms with van der Waals surface area (Å²) in [6.45, 7) is 4.65. The lowest BCUT2D eigenvalue weighted by Gasteiger charge is -2.07. The second-order valence-corrected chi connectivity index (χ2v) is 4.32. The second kappa shape index (κ2) is 11.1. The summed E-state index contributed by atoms with van der Waals surface area (Å²) in [5, 5.41) is 9.73. The molecule has 0 saturated carbocycles. The predicted molar refractivity (Wildman–Crippen MR) is 85.6 cm³/mol. The van der Waals surface area contributed by atoms with E-state index in [-0.39, 0.29) is 23.9 Å². The Kier molecular flexibility index (Phi) is 9.92. The van der Waals surface area contributed by atoms with Gasteiger partial charge in [0.15, 0.2) is 0 Å². The highest BCUT2D eigenvalue weighted by Gasteiger charge is 2.18. The fourth-order valence-corrected chi connectivity index (χ4v) is 1.30. The number of esters is 2. The summed E-state index contributed by atoms with van der Waals surface area (Å²) in [6.07, 6.45) is 0.420. The third-order valence-electron chi connectivity index (χ3n) is 2.08. The minimum atomic E-state index is -0.875. The van der Waals surface area contributed by atoms with Crippen molar-refractivity contribution in [3.05, 3.63) is 11.3 Å². The van der Waals surface area contributed by atoms with Gasteiger partial charge in [0.1, 0.15) is 17.8 Å². The number of nitrogens with one attached hydrogen (secondary N) is 2. The first-order valence-corrected chi connectivity index (χ1v) is 7.08. The highest BCUT2D eigenvalue weighted by Crippen LogP contribution is 2.08. The molecular weight excluding hydrogens is 326 g/mol. The van der Waals surface area contributed by atoms with Gasteiger partial charge < -0.3 is 14.6 Å². The second-order valence-electron chi connectivity index (χ2n) is 3.93. The van der Waals surface area contributed by atoms with Crippen LogP contribution in [0, 0.1) is 0 Å². The minimum absolute atomic E-state index is 0.0669. The van der Waals surface area contributed by atoms with E-state index in [9.17, 15) is 19.5 Å². The lowest BCUT2D eigenvalue weighted by atomic mass is 10.2. The molecule has 3 N–H and O–H groups in total. The average Bonchev–Trinajstić information content (AvgIpc) is 2.45. The van der Waals surface area contributed by atoms with E-state index in [2.05, 4.69) is 20.6 Å². The van der Waals surface area contributed by atoms with Crippen LogP contribution in [0.1, 0.15) is 27.2 Å². The number of carbonyl (C=O) groups excluding carboxylic acids is 3. The number of rotatable bonds is 6. The zero-order valence-electron chi connectivity index (χ0n) is 13.0. The number of aliphatic imine (C=N–C) groups is 1. The molecule has 0 aromatic carbocycles. The maximum absolute atomic E-state index is 11.8. The Bertz CT molecular complexity index is 530. The first-order chi connectivity index (χ1) is 10.8. The van der Waals surface area contributed by atoms with Crippen LogP contribution >= 0.6 is 12.2 Å². The molecule has 0 unspecified atom stereocenters. The number of aliphatic hydroxyl groups excluding tert-OH is 1. The predicted octanol–water partition coefficient (Wildman–Crippen LogP) is 0.311. The zero-order chi connectivity index (χ0) is 17.8. The first kappa shape index (κ1) is 20.5. The molecule has 0 aliphatic rings. The molecule has 23 heavy (non-hydrogen) atoms. The Hall–Kier alpha value is -2.49. The van der Waals surface area contributed by atoms with Crippen molar-refractivity contribution < 1.29 is 29.0 Å². The number of amides is 1. The van der Waals surface area contributed by atoms with Gasteiger partial charge in [-0.05, 0) is 26.1 Å². The van der Waals surface area contributed by atoms with Gasteiger partial charge in [0.2, 0.25) is 11.0 Å². The van der Waals surface area contributed by atoms with Crippen molar-refractivity contribution in [3.63, 3.8) is 0 Å². The van der Waals surface area contributed by atoms with Gasteiger partial charge in [-0.2, -0.15) is 0 Å². The highest BCUT2D eigenvalue weighted by atomic mass is 32.1. The summed E-state index contributed by atoms with van der Waals surface area (Å²) < 4.78 is 9.44. The fourth-order valence-electron chi connectivity index (χ4n) is 1.19. The van der Waals surface area contributed by atoms with E-state index in [0.717, 1.165) is 6.21 Å². The van der Waals surface area contributed by atoms with Crippen LogP contribution in [0.3, 0.4) is 0 Å². The molecule has 0 fully saturated rings. The quantitative estimate of drug-likeness (QED) is 0.157. The van der Waals surface area contributed by atoms with Crippen molar-refractivity contribution in [2.45, 2.75) is 27.2 Å². The summed E-state index contributed by atoms with van der Waals surface area (Å²) >= 11 is 4.79. The number of aliphatic hydroxyl groups is 1. The van der Waals surface area contributed by atoms with Crippen molar-refractivity contribution in [1.29, 1.82) is 0 Å². The SMILES string of the molecule is CCOC(=O)C/C(O)=C(\C=N/C(=S)NNC(C)=O)C(=O)OCC. The molecule has 0 atom stereocenters. The molecular formula is C13H19N3O6S. The first-order valence-electron chi connectivity index (χ1n) is 6.67. The number of hydrogen-bond donors (Lipinski definition) is 3. The molecule has 0 saturated heterocycles. The van der Waals surface area contributed by atoms with Crippen molar-refractivity contribution >= 4 is 41.4 Å². The van der Waals surface area contributed by atoms with Crippen molar-refractivity contribution in [2.75, 3.05) is 13.2 Å². The lowest BCUT2D eigenvalue weighted by Crippen LogP contribution is -2.38. The van der Waals surface area contributed by atoms with E-state index >= 15 is 0 Å². The smallest absolute Gasteiger partial charge is 0.343 e. The topological polar surface area (TPSA) is 126 Å². The monoisotopic (exact) mass is 345 g/mol. The van der Waals surface area contributed by atoms with Gasteiger partial charge in [0.05, 0.1) is 13.2 Å². The number of thiocarbonyl (C=S) groups is 1. The highest BCUT2D eigenvalue weighted by molar-refractivity contribution is 7.80. The van der Waals surface area contributed by atoms with Gasteiger partial charge in [-0.3, -0.25) is 20.4 Å². The number of nitrogens with zero attached hydrogens (tertiary/aromatic N) is 1. The lowest BCUT2D eigenvalue weighted by molar-refractivity contribution is -0.142. The van der Waals surface area contributed by atoms with Crippen LogP contribution in [-0.2, 0) is 23.9 Å². The molecule has 0 aliphatic heterocycles. The van der Waals surface area contributed by atoms with E-state index < -0.39 is 30.0 Å². The number of hydrazine groups is 1. The number of ether oxygens (including phenoxy) is 2. The van der Waals surface area contributed by atoms with Crippen LogP contribution in [0.5, 0.6) is 0 Å². The molecule has 0 aliphatic carbocycles. The maximum Gasteiger partial charge on any atom is 0.343 e. The Balaban J connectivity index is 5.13. The Labute approximate surface area is 138 Å². The van der Waals surface area contributed by atoms with Crippen molar-refractivity contribution in [2.24, 2.45) is 4.99 Å². The Morgan fingerprint density at radius 3 is 2.30 bits per heavy atom. The third kappa shape index (κ3) is 9.19. The number of carbonyl (C=O) groups is 3. The Morgan fingerprint density at radius 2 is 1.78 bits per heavy atom. The van der Waals surface area contributed by atoms with Crippen LogP contribution in [0.15, 0.2) is 16.3 Å². The van der Waals surface area contributed by atoms with E-state index in [1.54, 1.807) is 13.8 Å². The van der Waals surface area contributed by atoms with E-state index in [0.29, 0.717) is 0 Å². The van der Waals surface area contributed by atoms with Gasteiger partial charge >= 0.3 is 11.9 Å². The molecule has 0 rings (SSSR count). The average molecular weight is 345 g/mol. The third-order valence-corrected chi connectivity index (χ3v) is 2.29. The molecule has 0 radical (unpaired) electrons. The summed E-state index contributed by atoms with van der Waals surface area (Å²) in [6, 6.07) is 0. The molecule has 10 heteroatoms. The molecule has 0 aromatic heterocycles. The standard InChI is InChI=1S/C13H19N3O6S/c1-4-21-11(19)6-10(18)9(12(20)22-5-2)7-14-13(23)16-15-8(3)17/h7,18H,4-6H2,1-3H3,(H,15,17)(H,16,23)/b10-9-,14-7-. The molecule has 1 amide bonds.